The van der Waals surface area contributed by atoms with E-state index in [4.69, 9.17) is 4.74 Å². The average Bonchev–Trinajstić information content (AvgIpc) is 3.03. The summed E-state index contributed by atoms with van der Waals surface area (Å²) >= 11 is 1.22. The van der Waals surface area contributed by atoms with Crippen LogP contribution >= 0.6 is 11.8 Å². The summed E-state index contributed by atoms with van der Waals surface area (Å²) in [5, 5.41) is 12.2. The topological polar surface area (TPSA) is 95.9 Å². The third-order valence-electron chi connectivity index (χ3n) is 4.37. The minimum atomic E-state index is -1.03. The van der Waals surface area contributed by atoms with Crippen molar-refractivity contribution in [3.8, 4) is 0 Å². The van der Waals surface area contributed by atoms with Gasteiger partial charge in [0.05, 0.1) is 18.1 Å². The molecule has 1 fully saturated rings. The van der Waals surface area contributed by atoms with Crippen molar-refractivity contribution in [3.63, 3.8) is 0 Å². The Morgan fingerprint density at radius 3 is 2.58 bits per heavy atom. The van der Waals surface area contributed by atoms with Gasteiger partial charge >= 0.3 is 5.97 Å². The van der Waals surface area contributed by atoms with Gasteiger partial charge in [-0.15, -0.1) is 11.8 Å². The van der Waals surface area contributed by atoms with Crippen LogP contribution in [-0.4, -0.2) is 66.1 Å². The molecule has 1 aliphatic heterocycles. The molecule has 0 saturated carbocycles. The Morgan fingerprint density at radius 1 is 1.27 bits per heavy atom. The number of carbonyl (C=O) groups is 3. The number of hydrogen-bond donors (Lipinski definition) is 2. The summed E-state index contributed by atoms with van der Waals surface area (Å²) in [5.74, 6) is -0.968. The Balaban J connectivity index is 1.76. The largest absolute Gasteiger partial charge is 0.481 e. The van der Waals surface area contributed by atoms with Crippen molar-refractivity contribution >= 4 is 35.2 Å². The van der Waals surface area contributed by atoms with Crippen LogP contribution in [0, 0.1) is 12.3 Å². The van der Waals surface area contributed by atoms with Crippen LogP contribution in [0.2, 0.25) is 0 Å². The van der Waals surface area contributed by atoms with Crippen LogP contribution in [0.5, 0.6) is 0 Å². The fourth-order valence-electron chi connectivity index (χ4n) is 2.87. The maximum absolute atomic E-state index is 12.3. The third kappa shape index (κ3) is 5.22. The molecule has 0 aromatic heterocycles. The van der Waals surface area contributed by atoms with Crippen LogP contribution in [0.1, 0.15) is 12.0 Å². The zero-order valence-corrected chi connectivity index (χ0v) is 15.8. The predicted molar refractivity (Wildman–Crippen MR) is 100 cm³/mol. The molecule has 0 radical (unpaired) electrons. The second-order valence-corrected chi connectivity index (χ2v) is 7.48. The molecular weight excluding hydrogens is 356 g/mol. The van der Waals surface area contributed by atoms with Gasteiger partial charge in [0.2, 0.25) is 11.8 Å². The van der Waals surface area contributed by atoms with Crippen molar-refractivity contribution in [1.29, 1.82) is 0 Å². The van der Waals surface area contributed by atoms with Crippen molar-refractivity contribution in [1.82, 2.24) is 4.90 Å². The monoisotopic (exact) mass is 380 g/mol. The normalized spacial score (nSPS) is 19.4. The molecular formula is C18H24N2O5S. The van der Waals surface area contributed by atoms with Gasteiger partial charge in [0, 0.05) is 25.9 Å². The number of likely N-dealkylation sites (tertiary alicyclic amines) is 1. The van der Waals surface area contributed by atoms with Gasteiger partial charge in [-0.1, -0.05) is 17.7 Å². The molecule has 0 bridgehead atoms. The van der Waals surface area contributed by atoms with E-state index >= 15 is 0 Å². The number of hydrogen-bond acceptors (Lipinski definition) is 5. The number of amides is 2. The summed E-state index contributed by atoms with van der Waals surface area (Å²) in [6.45, 7) is 2.59. The van der Waals surface area contributed by atoms with Crippen molar-refractivity contribution < 1.29 is 24.2 Å². The Morgan fingerprint density at radius 2 is 1.96 bits per heavy atom. The standard InChI is InChI=1S/C18H24N2O5S/c1-13-3-5-14(6-4-13)19-15(21)9-26-10-16(22)20-8-7-18(11-20,12-25-2)17(23)24/h3-6H,7-12H2,1-2H3,(H,19,21)(H,23,24). The van der Waals surface area contributed by atoms with E-state index in [1.807, 2.05) is 31.2 Å². The number of anilines is 1. The summed E-state index contributed by atoms with van der Waals surface area (Å²) in [4.78, 5) is 37.2. The van der Waals surface area contributed by atoms with Gasteiger partial charge in [-0.3, -0.25) is 14.4 Å². The van der Waals surface area contributed by atoms with Crippen LogP contribution in [0.15, 0.2) is 24.3 Å². The third-order valence-corrected chi connectivity index (χ3v) is 5.29. The van der Waals surface area contributed by atoms with Crippen LogP contribution in [0.4, 0.5) is 5.69 Å². The number of rotatable bonds is 8. The SMILES string of the molecule is COCC1(C(=O)O)CCN(C(=O)CSCC(=O)Nc2ccc(C)cc2)C1. The highest BCUT2D eigenvalue weighted by molar-refractivity contribution is 8.00. The maximum Gasteiger partial charge on any atom is 0.313 e. The molecule has 1 aliphatic rings. The van der Waals surface area contributed by atoms with Crippen molar-refractivity contribution in [3.05, 3.63) is 29.8 Å². The van der Waals surface area contributed by atoms with Crippen LogP contribution in [0.3, 0.4) is 0 Å². The maximum atomic E-state index is 12.3. The first-order valence-corrected chi connectivity index (χ1v) is 9.46. The van der Waals surface area contributed by atoms with Gasteiger partial charge in [-0.05, 0) is 25.5 Å². The van der Waals surface area contributed by atoms with E-state index in [2.05, 4.69) is 5.32 Å². The molecule has 2 amide bonds. The fourth-order valence-corrected chi connectivity index (χ4v) is 3.59. The minimum absolute atomic E-state index is 0.0816. The number of aliphatic carboxylic acids is 1. The van der Waals surface area contributed by atoms with Gasteiger partial charge in [-0.25, -0.2) is 0 Å². The molecule has 1 aromatic rings. The first kappa shape index (κ1) is 20.3. The predicted octanol–water partition coefficient (Wildman–Crippen LogP) is 1.62. The molecule has 1 atom stereocenters. The molecule has 7 nitrogen and oxygen atoms in total. The number of thioether (sulfide) groups is 1. The van der Waals surface area contributed by atoms with Gasteiger partial charge in [0.25, 0.3) is 0 Å². The van der Waals surface area contributed by atoms with Crippen LogP contribution in [0.25, 0.3) is 0 Å². The lowest BCUT2D eigenvalue weighted by atomic mass is 9.88. The molecule has 1 unspecified atom stereocenters. The van der Waals surface area contributed by atoms with Crippen LogP contribution in [-0.2, 0) is 19.1 Å². The molecule has 1 aromatic carbocycles. The molecule has 26 heavy (non-hydrogen) atoms. The Hall–Kier alpha value is -2.06. The smallest absolute Gasteiger partial charge is 0.313 e. The van der Waals surface area contributed by atoms with E-state index < -0.39 is 11.4 Å². The average molecular weight is 380 g/mol. The molecule has 142 valence electrons. The zero-order valence-electron chi connectivity index (χ0n) is 15.0. The second-order valence-electron chi connectivity index (χ2n) is 6.49. The molecule has 2 rings (SSSR count). The lowest BCUT2D eigenvalue weighted by Crippen LogP contribution is -2.40. The highest BCUT2D eigenvalue weighted by Crippen LogP contribution is 2.31. The van der Waals surface area contributed by atoms with Crippen molar-refractivity contribution in [2.24, 2.45) is 5.41 Å². The lowest BCUT2D eigenvalue weighted by molar-refractivity contribution is -0.151. The van der Waals surface area contributed by atoms with E-state index in [1.165, 1.54) is 23.8 Å². The van der Waals surface area contributed by atoms with Crippen molar-refractivity contribution in [2.45, 2.75) is 13.3 Å². The summed E-state index contributed by atoms with van der Waals surface area (Å²) < 4.78 is 5.02. The Labute approximate surface area is 157 Å². The minimum Gasteiger partial charge on any atom is -0.481 e. The van der Waals surface area contributed by atoms with Gasteiger partial charge in [0.1, 0.15) is 5.41 Å². The van der Waals surface area contributed by atoms with E-state index in [-0.39, 0.29) is 36.5 Å². The summed E-state index contributed by atoms with van der Waals surface area (Å²) in [6, 6.07) is 7.48. The number of nitrogens with one attached hydrogen (secondary N) is 1. The van der Waals surface area contributed by atoms with E-state index in [0.29, 0.717) is 13.0 Å². The summed E-state index contributed by atoms with van der Waals surface area (Å²) in [5.41, 5.74) is 0.801. The highest BCUT2D eigenvalue weighted by atomic mass is 32.2. The van der Waals surface area contributed by atoms with E-state index in [9.17, 15) is 19.5 Å². The number of methoxy groups -OCH3 is 1. The van der Waals surface area contributed by atoms with Crippen LogP contribution < -0.4 is 5.32 Å². The number of carboxylic acids is 1. The number of benzene rings is 1. The summed E-state index contributed by atoms with van der Waals surface area (Å²) in [6.07, 6.45) is 0.375. The number of nitrogens with zero attached hydrogens (tertiary/aromatic N) is 1. The van der Waals surface area contributed by atoms with Gasteiger partial charge < -0.3 is 20.1 Å². The van der Waals surface area contributed by atoms with E-state index in [1.54, 1.807) is 0 Å². The van der Waals surface area contributed by atoms with E-state index in [0.717, 1.165) is 11.3 Å². The molecule has 0 spiro atoms. The second kappa shape index (κ2) is 9.05. The first-order chi connectivity index (χ1) is 12.4. The molecule has 2 N–H and O–H groups in total. The lowest BCUT2D eigenvalue weighted by Gasteiger charge is -2.23. The van der Waals surface area contributed by atoms with Gasteiger partial charge in [-0.2, -0.15) is 0 Å². The Kier molecular flexibility index (Phi) is 7.05. The first-order valence-electron chi connectivity index (χ1n) is 8.31. The van der Waals surface area contributed by atoms with Gasteiger partial charge in [0.15, 0.2) is 0 Å². The molecule has 1 saturated heterocycles. The zero-order chi connectivity index (χ0) is 19.2. The number of ether oxygens (including phenoxy) is 1. The molecule has 8 heteroatoms. The quantitative estimate of drug-likeness (QED) is 0.711. The molecule has 0 aliphatic carbocycles. The highest BCUT2D eigenvalue weighted by Gasteiger charge is 2.46. The number of carboxylic acid groups (broad SMARTS) is 1. The molecule has 1 heterocycles. The number of aryl methyl sites for hydroxylation is 1. The van der Waals surface area contributed by atoms with Crippen molar-refractivity contribution in [2.75, 3.05) is 43.6 Å². The fraction of sp³-hybridized carbons (Fsp3) is 0.500. The number of carbonyl (C=O) groups excluding carboxylic acids is 2. The Bertz CT molecular complexity index is 664. The summed E-state index contributed by atoms with van der Waals surface area (Å²) in [7, 11) is 1.46.